The van der Waals surface area contributed by atoms with Crippen LogP contribution in [0, 0.1) is 29.4 Å². The van der Waals surface area contributed by atoms with Crippen LogP contribution in [0.4, 0.5) is 8.78 Å². The third-order valence-corrected chi connectivity index (χ3v) is 10.9. The molecule has 272 valence electrons. The van der Waals surface area contributed by atoms with Crippen LogP contribution in [0.5, 0.6) is 5.75 Å². The van der Waals surface area contributed by atoms with E-state index in [-0.39, 0.29) is 47.5 Å². The van der Waals surface area contributed by atoms with E-state index < -0.39 is 5.97 Å². The fourth-order valence-corrected chi connectivity index (χ4v) is 8.05. The number of hydrogen-bond acceptors (Lipinski definition) is 5. The van der Waals surface area contributed by atoms with Crippen LogP contribution in [0.2, 0.25) is 0 Å². The number of ether oxygens (including phenoxy) is 2. The highest BCUT2D eigenvalue weighted by Gasteiger charge is 2.38. The first-order valence-electron chi connectivity index (χ1n) is 17.4. The number of rotatable bonds is 6. The molecule has 4 aromatic carbocycles. The Hall–Kier alpha value is -4.52. The molecule has 0 aliphatic heterocycles. The number of aryl methyl sites for hydroxylation is 1. The second kappa shape index (κ2) is 15.8. The molecule has 2 unspecified atom stereocenters. The molecule has 51 heavy (non-hydrogen) atoms. The molecule has 0 heterocycles. The molecule has 2 aliphatic carbocycles. The van der Waals surface area contributed by atoms with Gasteiger partial charge in [-0.2, -0.15) is 0 Å². The van der Waals surface area contributed by atoms with Crippen LogP contribution in [-0.4, -0.2) is 31.3 Å². The first-order valence-corrected chi connectivity index (χ1v) is 17.4. The van der Waals surface area contributed by atoms with Gasteiger partial charge in [-0.05, 0) is 132 Å². The minimum atomic E-state index is -0.403. The van der Waals surface area contributed by atoms with E-state index in [0.29, 0.717) is 28.2 Å². The average Bonchev–Trinajstić information content (AvgIpc) is 3.65. The quantitative estimate of drug-likeness (QED) is 0.203. The van der Waals surface area contributed by atoms with Crippen molar-refractivity contribution in [3.05, 3.63) is 112 Å². The van der Waals surface area contributed by atoms with E-state index in [1.165, 1.54) is 38.5 Å². The molecular formula is C44H52F2O5. The maximum Gasteiger partial charge on any atom is 0.337 e. The van der Waals surface area contributed by atoms with Crippen molar-refractivity contribution in [1.29, 1.82) is 0 Å². The monoisotopic (exact) mass is 698 g/mol. The number of phenols is 1. The highest BCUT2D eigenvalue weighted by Crippen LogP contribution is 2.52. The molecule has 2 fully saturated rings. The minimum Gasteiger partial charge on any atom is -0.508 e. The molecule has 7 heteroatoms. The van der Waals surface area contributed by atoms with Crippen molar-refractivity contribution in [1.82, 2.24) is 0 Å². The van der Waals surface area contributed by atoms with Crippen LogP contribution >= 0.6 is 0 Å². The standard InChI is InChI=1S/C22H25FO2.C21H23FO3.CH4/c1-14-7-10-20(23)18(12-14)16-9-8-15(21(24)25-4)13-17(16)19-6-5-11-22(19,2)3;1-21(2)10-4-5-18(21)16-11-13(20(24)25-3)6-8-15(16)17-12-14(23)7-9-19(17)22;/h7-10,12-13,19H,5-6,11H2,1-4H3;6-9,11-12,18,23H,4-5,10H2,1-3H3;1H4. The lowest BCUT2D eigenvalue weighted by Crippen LogP contribution is -2.17. The van der Waals surface area contributed by atoms with Gasteiger partial charge in [0.15, 0.2) is 0 Å². The normalized spacial score (nSPS) is 18.6. The predicted molar refractivity (Wildman–Crippen MR) is 200 cm³/mol. The van der Waals surface area contributed by atoms with Crippen LogP contribution < -0.4 is 0 Å². The number of methoxy groups -OCH3 is 2. The highest BCUT2D eigenvalue weighted by atomic mass is 19.1. The van der Waals surface area contributed by atoms with Gasteiger partial charge in [-0.15, -0.1) is 0 Å². The Kier molecular flexibility index (Phi) is 12.2. The van der Waals surface area contributed by atoms with Gasteiger partial charge < -0.3 is 14.6 Å². The second-order valence-electron chi connectivity index (χ2n) is 15.1. The van der Waals surface area contributed by atoms with Crippen LogP contribution in [-0.2, 0) is 9.47 Å². The minimum absolute atomic E-state index is 0. The summed E-state index contributed by atoms with van der Waals surface area (Å²) in [7, 11) is 2.74. The summed E-state index contributed by atoms with van der Waals surface area (Å²) in [6.45, 7) is 10.9. The largest absolute Gasteiger partial charge is 0.508 e. The number of halogens is 2. The van der Waals surface area contributed by atoms with Gasteiger partial charge in [-0.25, -0.2) is 18.4 Å². The molecule has 1 N–H and O–H groups in total. The Labute approximate surface area is 302 Å². The van der Waals surface area contributed by atoms with E-state index in [1.807, 2.05) is 31.2 Å². The summed E-state index contributed by atoms with van der Waals surface area (Å²) in [4.78, 5) is 24.0. The van der Waals surface area contributed by atoms with E-state index in [0.717, 1.165) is 66.3 Å². The number of phenolic OH excluding ortho intramolecular Hbond substituents is 1. The third-order valence-electron chi connectivity index (χ3n) is 10.9. The summed E-state index contributed by atoms with van der Waals surface area (Å²) in [5.41, 5.74) is 6.76. The molecule has 5 nitrogen and oxygen atoms in total. The lowest BCUT2D eigenvalue weighted by molar-refractivity contribution is 0.0591. The van der Waals surface area contributed by atoms with E-state index in [2.05, 4.69) is 27.7 Å². The maximum atomic E-state index is 14.5. The fraction of sp³-hybridized carbons (Fsp3) is 0.409. The Morgan fingerprint density at radius 3 is 1.49 bits per heavy atom. The lowest BCUT2D eigenvalue weighted by atomic mass is 9.75. The zero-order valence-electron chi connectivity index (χ0n) is 30.2. The predicted octanol–water partition coefficient (Wildman–Crippen LogP) is 11.8. The molecule has 0 amide bonds. The summed E-state index contributed by atoms with van der Waals surface area (Å²) >= 11 is 0. The summed E-state index contributed by atoms with van der Waals surface area (Å²) in [6.07, 6.45) is 6.51. The van der Waals surface area contributed by atoms with Gasteiger partial charge in [0, 0.05) is 11.1 Å². The Morgan fingerprint density at radius 2 is 1.08 bits per heavy atom. The molecule has 4 aromatic rings. The van der Waals surface area contributed by atoms with Crippen LogP contribution in [0.15, 0.2) is 72.8 Å². The Balaban J connectivity index is 0.000000224. The molecule has 0 bridgehead atoms. The van der Waals surface area contributed by atoms with Crippen LogP contribution in [0.25, 0.3) is 22.3 Å². The zero-order chi connectivity index (χ0) is 36.4. The molecule has 0 radical (unpaired) electrons. The van der Waals surface area contributed by atoms with Gasteiger partial charge in [0.25, 0.3) is 0 Å². The van der Waals surface area contributed by atoms with Crippen LogP contribution in [0.1, 0.15) is 123 Å². The van der Waals surface area contributed by atoms with Crippen molar-refractivity contribution in [2.24, 2.45) is 10.8 Å². The lowest BCUT2D eigenvalue weighted by Gasteiger charge is -2.29. The van der Waals surface area contributed by atoms with E-state index >= 15 is 0 Å². The SMILES string of the molecule is C.COC(=O)c1ccc(-c2cc(C)ccc2F)c(C2CCCC2(C)C)c1.COC(=O)c1ccc(-c2cc(O)ccc2F)c(C2CCCC2(C)C)c1. The second-order valence-corrected chi connectivity index (χ2v) is 15.1. The smallest absolute Gasteiger partial charge is 0.337 e. The molecule has 0 spiro atoms. The first-order chi connectivity index (χ1) is 23.7. The molecule has 6 rings (SSSR count). The summed E-state index contributed by atoms with van der Waals surface area (Å²) in [6, 6.07) is 19.9. The van der Waals surface area contributed by atoms with Gasteiger partial charge in [-0.3, -0.25) is 0 Å². The summed E-state index contributed by atoms with van der Waals surface area (Å²) in [5, 5.41) is 9.80. The number of benzene rings is 4. The van der Waals surface area contributed by atoms with E-state index in [1.54, 1.807) is 24.3 Å². The van der Waals surface area contributed by atoms with Gasteiger partial charge in [0.1, 0.15) is 17.4 Å². The number of esters is 2. The molecule has 2 saturated carbocycles. The van der Waals surface area contributed by atoms with Gasteiger partial charge >= 0.3 is 11.9 Å². The molecule has 2 atom stereocenters. The van der Waals surface area contributed by atoms with Gasteiger partial charge in [0.05, 0.1) is 25.3 Å². The van der Waals surface area contributed by atoms with Crippen molar-refractivity contribution in [2.45, 2.75) is 92.4 Å². The van der Waals surface area contributed by atoms with E-state index in [9.17, 15) is 23.5 Å². The van der Waals surface area contributed by atoms with Crippen LogP contribution in [0.3, 0.4) is 0 Å². The van der Waals surface area contributed by atoms with Crippen molar-refractivity contribution < 1.29 is 33.0 Å². The Bertz CT molecular complexity index is 1760. The molecule has 0 aromatic heterocycles. The zero-order valence-corrected chi connectivity index (χ0v) is 30.2. The van der Waals surface area contributed by atoms with Gasteiger partial charge in [0.2, 0.25) is 0 Å². The summed E-state index contributed by atoms with van der Waals surface area (Å²) in [5.74, 6) is -0.839. The van der Waals surface area contributed by atoms with Crippen molar-refractivity contribution >= 4 is 11.9 Å². The van der Waals surface area contributed by atoms with Crippen molar-refractivity contribution in [3.8, 4) is 28.0 Å². The summed E-state index contributed by atoms with van der Waals surface area (Å²) < 4.78 is 38.7. The fourth-order valence-electron chi connectivity index (χ4n) is 8.05. The number of carbonyl (C=O) groups is 2. The van der Waals surface area contributed by atoms with Crippen molar-refractivity contribution in [3.63, 3.8) is 0 Å². The van der Waals surface area contributed by atoms with Gasteiger partial charge in [-0.1, -0.05) is 71.7 Å². The third kappa shape index (κ3) is 8.35. The number of carbonyl (C=O) groups excluding carboxylic acids is 2. The molecular weight excluding hydrogens is 646 g/mol. The number of hydrogen-bond donors (Lipinski definition) is 1. The van der Waals surface area contributed by atoms with Crippen molar-refractivity contribution in [2.75, 3.05) is 14.2 Å². The maximum absolute atomic E-state index is 14.5. The molecule has 0 saturated heterocycles. The van der Waals surface area contributed by atoms with E-state index in [4.69, 9.17) is 9.47 Å². The highest BCUT2D eigenvalue weighted by molar-refractivity contribution is 5.91. The topological polar surface area (TPSA) is 72.8 Å². The Morgan fingerprint density at radius 1 is 0.647 bits per heavy atom. The average molecular weight is 699 g/mol. The molecule has 2 aliphatic rings. The first kappa shape index (κ1) is 39.3. The number of aromatic hydroxyl groups is 1.